The highest BCUT2D eigenvalue weighted by atomic mass is 35.5. The van der Waals surface area contributed by atoms with E-state index in [1.165, 1.54) is 6.42 Å². The molecule has 2 aliphatic rings. The van der Waals surface area contributed by atoms with Gasteiger partial charge in [0.1, 0.15) is 0 Å². The number of carbonyl (C=O) groups is 1. The molecular formula is C18H28Cl3N3O. The quantitative estimate of drug-likeness (QED) is 0.796. The van der Waals surface area contributed by atoms with Gasteiger partial charge in [-0.25, -0.2) is 0 Å². The molecular weight excluding hydrogens is 381 g/mol. The second kappa shape index (κ2) is 9.86. The van der Waals surface area contributed by atoms with Gasteiger partial charge in [0, 0.05) is 19.1 Å². The molecule has 25 heavy (non-hydrogen) atoms. The van der Waals surface area contributed by atoms with Crippen molar-refractivity contribution in [3.8, 4) is 0 Å². The number of rotatable bonds is 3. The predicted octanol–water partition coefficient (Wildman–Crippen LogP) is 3.93. The highest BCUT2D eigenvalue weighted by molar-refractivity contribution is 6.33. The number of carbonyl (C=O) groups excluding carboxylic acids is 1. The minimum Gasteiger partial charge on any atom is -0.368 e. The summed E-state index contributed by atoms with van der Waals surface area (Å²) in [6, 6.07) is 8.04. The van der Waals surface area contributed by atoms with Crippen molar-refractivity contribution >= 4 is 48.0 Å². The summed E-state index contributed by atoms with van der Waals surface area (Å²) < 4.78 is 0. The molecule has 3 N–H and O–H groups in total. The maximum atomic E-state index is 12.6. The first kappa shape index (κ1) is 22.4. The van der Waals surface area contributed by atoms with Gasteiger partial charge in [-0.05, 0) is 37.8 Å². The molecule has 0 bridgehead atoms. The van der Waals surface area contributed by atoms with Crippen LogP contribution in [-0.2, 0) is 4.79 Å². The summed E-state index contributed by atoms with van der Waals surface area (Å²) in [5.41, 5.74) is 6.73. The molecule has 1 aromatic rings. The van der Waals surface area contributed by atoms with E-state index in [0.29, 0.717) is 0 Å². The second-order valence-electron chi connectivity index (χ2n) is 6.93. The third kappa shape index (κ3) is 5.40. The van der Waals surface area contributed by atoms with E-state index < -0.39 is 5.54 Å². The van der Waals surface area contributed by atoms with Crippen LogP contribution in [0.4, 0.5) is 5.69 Å². The molecule has 1 atom stereocenters. The third-order valence-corrected chi connectivity index (χ3v) is 5.47. The molecule has 1 aromatic carbocycles. The lowest BCUT2D eigenvalue weighted by atomic mass is 9.81. The van der Waals surface area contributed by atoms with Crippen LogP contribution < -0.4 is 16.0 Å². The van der Waals surface area contributed by atoms with Crippen LogP contribution in [0.15, 0.2) is 24.3 Å². The molecule has 0 aromatic heterocycles. The zero-order chi connectivity index (χ0) is 16.3. The first-order valence-corrected chi connectivity index (χ1v) is 9.06. The predicted molar refractivity (Wildman–Crippen MR) is 109 cm³/mol. The first-order valence-electron chi connectivity index (χ1n) is 8.68. The van der Waals surface area contributed by atoms with E-state index in [0.717, 1.165) is 62.3 Å². The lowest BCUT2D eigenvalue weighted by Crippen LogP contribution is -2.59. The Kier molecular flexibility index (Phi) is 8.82. The van der Waals surface area contributed by atoms with E-state index in [1.54, 1.807) is 0 Å². The van der Waals surface area contributed by atoms with E-state index in [4.69, 9.17) is 17.3 Å². The maximum absolute atomic E-state index is 12.6. The summed E-state index contributed by atoms with van der Waals surface area (Å²) >= 11 is 6.31. The summed E-state index contributed by atoms with van der Waals surface area (Å²) in [5, 5.41) is 3.97. The fourth-order valence-corrected chi connectivity index (χ4v) is 4.02. The minimum atomic E-state index is -0.662. The Labute approximate surface area is 167 Å². The second-order valence-corrected chi connectivity index (χ2v) is 7.33. The summed E-state index contributed by atoms with van der Waals surface area (Å²) in [5.74, 6) is 0.0307. The van der Waals surface area contributed by atoms with Crippen molar-refractivity contribution < 1.29 is 4.79 Å². The highest BCUT2D eigenvalue weighted by Crippen LogP contribution is 2.29. The summed E-state index contributed by atoms with van der Waals surface area (Å²) in [6.07, 6.45) is 6.96. The van der Waals surface area contributed by atoms with Gasteiger partial charge in [-0.2, -0.15) is 0 Å². The van der Waals surface area contributed by atoms with Crippen molar-refractivity contribution in [2.24, 2.45) is 5.73 Å². The van der Waals surface area contributed by atoms with Gasteiger partial charge in [0.15, 0.2) is 0 Å². The summed E-state index contributed by atoms with van der Waals surface area (Å²) in [6.45, 7) is 1.77. The van der Waals surface area contributed by atoms with Gasteiger partial charge in [-0.3, -0.25) is 4.79 Å². The van der Waals surface area contributed by atoms with Crippen LogP contribution in [-0.4, -0.2) is 30.6 Å². The van der Waals surface area contributed by atoms with Gasteiger partial charge in [0.2, 0.25) is 5.91 Å². The van der Waals surface area contributed by atoms with Gasteiger partial charge < -0.3 is 16.0 Å². The fourth-order valence-electron chi connectivity index (χ4n) is 3.76. The van der Waals surface area contributed by atoms with Crippen molar-refractivity contribution in [2.45, 2.75) is 56.5 Å². The summed E-state index contributed by atoms with van der Waals surface area (Å²) in [7, 11) is 0. The SMILES string of the molecule is Cl.Cl.NC1(C(=O)NC2CCCN(c3ccccc3Cl)C2)CCCCC1. The molecule has 3 rings (SSSR count). The van der Waals surface area contributed by atoms with Crippen LogP contribution >= 0.6 is 36.4 Å². The van der Waals surface area contributed by atoms with Crippen molar-refractivity contribution in [3.05, 3.63) is 29.3 Å². The van der Waals surface area contributed by atoms with Crippen molar-refractivity contribution in [2.75, 3.05) is 18.0 Å². The van der Waals surface area contributed by atoms with Gasteiger partial charge in [-0.15, -0.1) is 24.8 Å². The fraction of sp³-hybridized carbons (Fsp3) is 0.611. The van der Waals surface area contributed by atoms with Crippen LogP contribution in [0.2, 0.25) is 5.02 Å². The number of hydrogen-bond donors (Lipinski definition) is 2. The van der Waals surface area contributed by atoms with Crippen LogP contribution in [0.3, 0.4) is 0 Å². The van der Waals surface area contributed by atoms with E-state index in [-0.39, 0.29) is 36.8 Å². The van der Waals surface area contributed by atoms with Gasteiger partial charge in [0.05, 0.1) is 16.2 Å². The van der Waals surface area contributed by atoms with Crippen molar-refractivity contribution in [1.29, 1.82) is 0 Å². The Morgan fingerprint density at radius 1 is 1.16 bits per heavy atom. The Morgan fingerprint density at radius 3 is 2.52 bits per heavy atom. The van der Waals surface area contributed by atoms with Crippen LogP contribution in [0, 0.1) is 0 Å². The number of nitrogens with zero attached hydrogens (tertiary/aromatic N) is 1. The monoisotopic (exact) mass is 407 g/mol. The van der Waals surface area contributed by atoms with Gasteiger partial charge in [-0.1, -0.05) is 43.0 Å². The molecule has 1 amide bonds. The van der Waals surface area contributed by atoms with Crippen LogP contribution in [0.25, 0.3) is 0 Å². The number of nitrogens with two attached hydrogens (primary N) is 1. The molecule has 0 radical (unpaired) electrons. The molecule has 142 valence electrons. The number of piperidine rings is 1. The Bertz CT molecular complexity index is 564. The number of benzene rings is 1. The van der Waals surface area contributed by atoms with Crippen molar-refractivity contribution in [3.63, 3.8) is 0 Å². The lowest BCUT2D eigenvalue weighted by molar-refractivity contribution is -0.128. The molecule has 2 fully saturated rings. The smallest absolute Gasteiger partial charge is 0.240 e. The van der Waals surface area contributed by atoms with Gasteiger partial charge in [0.25, 0.3) is 0 Å². The van der Waals surface area contributed by atoms with Crippen molar-refractivity contribution in [1.82, 2.24) is 5.32 Å². The number of hydrogen-bond acceptors (Lipinski definition) is 3. The molecule has 7 heteroatoms. The Balaban J connectivity index is 0.00000156. The molecule has 1 aliphatic heterocycles. The molecule has 4 nitrogen and oxygen atoms in total. The summed E-state index contributed by atoms with van der Waals surface area (Å²) in [4.78, 5) is 14.9. The number of para-hydroxylation sites is 1. The minimum absolute atomic E-state index is 0. The van der Waals surface area contributed by atoms with E-state index >= 15 is 0 Å². The largest absolute Gasteiger partial charge is 0.368 e. The maximum Gasteiger partial charge on any atom is 0.240 e. The van der Waals surface area contributed by atoms with E-state index in [1.807, 2.05) is 24.3 Å². The molecule has 1 unspecified atom stereocenters. The standard InChI is InChI=1S/C18H26ClN3O.2ClH/c19-15-8-2-3-9-16(15)22-12-6-7-14(13-22)21-17(23)18(20)10-4-1-5-11-18;;/h2-3,8-9,14H,1,4-7,10-13,20H2,(H,21,23);2*1H. The van der Waals surface area contributed by atoms with E-state index in [9.17, 15) is 4.79 Å². The number of halogens is 3. The van der Waals surface area contributed by atoms with E-state index in [2.05, 4.69) is 10.2 Å². The molecule has 1 saturated carbocycles. The molecule has 1 aliphatic carbocycles. The lowest BCUT2D eigenvalue weighted by Gasteiger charge is -2.38. The molecule has 1 saturated heterocycles. The normalized spacial score (nSPS) is 22.3. The number of amides is 1. The van der Waals surface area contributed by atoms with Gasteiger partial charge >= 0.3 is 0 Å². The van der Waals surface area contributed by atoms with Crippen LogP contribution in [0.5, 0.6) is 0 Å². The Morgan fingerprint density at radius 2 is 1.84 bits per heavy atom. The highest BCUT2D eigenvalue weighted by Gasteiger charge is 2.36. The third-order valence-electron chi connectivity index (χ3n) is 5.15. The molecule has 1 heterocycles. The first-order chi connectivity index (χ1) is 11.1. The zero-order valence-electron chi connectivity index (χ0n) is 14.4. The topological polar surface area (TPSA) is 58.4 Å². The number of nitrogens with one attached hydrogen (secondary N) is 1. The zero-order valence-corrected chi connectivity index (χ0v) is 16.8. The number of anilines is 1. The average Bonchev–Trinajstić information content (AvgIpc) is 2.56. The van der Waals surface area contributed by atoms with Crippen LogP contribution in [0.1, 0.15) is 44.9 Å². The average molecular weight is 409 g/mol. The molecule has 0 spiro atoms. The Hall–Kier alpha value is -0.680.